The summed E-state index contributed by atoms with van der Waals surface area (Å²) >= 11 is 0. The predicted molar refractivity (Wildman–Crippen MR) is 198 cm³/mol. The zero-order valence-electron chi connectivity index (χ0n) is 32.0. The maximum absolute atomic E-state index is 13.0. The Kier molecular flexibility index (Phi) is 16.1. The number of benzene rings is 2. The van der Waals surface area contributed by atoms with Crippen molar-refractivity contribution in [1.82, 2.24) is 25.3 Å². The van der Waals surface area contributed by atoms with Crippen molar-refractivity contribution in [2.24, 2.45) is 5.73 Å². The van der Waals surface area contributed by atoms with Crippen LogP contribution in [-0.4, -0.2) is 113 Å². The monoisotopic (exact) mass is 771 g/mol. The summed E-state index contributed by atoms with van der Waals surface area (Å²) in [6.45, 7) is 9.08. The maximum Gasteiger partial charge on any atom is 0.329 e. The zero-order chi connectivity index (χ0) is 41.0. The van der Waals surface area contributed by atoms with Crippen LogP contribution in [0.2, 0.25) is 0 Å². The molecule has 0 aromatic heterocycles. The molecule has 3 fully saturated rings. The van der Waals surface area contributed by atoms with Crippen LogP contribution in [0.5, 0.6) is 0 Å². The van der Waals surface area contributed by atoms with E-state index >= 15 is 0 Å². The molecule has 0 spiro atoms. The molecule has 2 aromatic rings. The van der Waals surface area contributed by atoms with Crippen LogP contribution in [-0.2, 0) is 33.5 Å². The van der Waals surface area contributed by atoms with Crippen LogP contribution >= 0.6 is 0 Å². The number of fused-ring (bicyclic) bond motifs is 2. The number of carbonyl (C=O) groups is 7. The minimum absolute atomic E-state index is 0.0354. The van der Waals surface area contributed by atoms with Crippen molar-refractivity contribution >= 4 is 47.2 Å². The van der Waals surface area contributed by atoms with Crippen molar-refractivity contribution in [3.63, 3.8) is 0 Å². The number of carbonyl (C=O) groups excluding carboxylic acids is 7. The summed E-state index contributed by atoms with van der Waals surface area (Å²) in [4.78, 5) is 90.1. The van der Waals surface area contributed by atoms with Gasteiger partial charge in [0.2, 0.25) is 29.5 Å². The lowest BCUT2D eigenvalue weighted by Crippen LogP contribution is -2.56. The molecule has 0 radical (unpaired) electrons. The SMILES string of the molecule is CC1CC(=O)N2CCCC2C(=O)N(C)C(C)C(=O)NC(C)C(=O)N2CCCC2C(=O)O1.Cc1cc(F)cc(F)c1.Cc1ccc(NC(=O)NCC(N)=O)cc1. The highest BCUT2D eigenvalue weighted by Gasteiger charge is 2.41. The number of aryl methyl sites for hydroxylation is 2. The zero-order valence-corrected chi connectivity index (χ0v) is 32.0. The summed E-state index contributed by atoms with van der Waals surface area (Å²) in [5, 5.41) is 7.55. The van der Waals surface area contributed by atoms with Crippen LogP contribution < -0.4 is 21.7 Å². The lowest BCUT2D eigenvalue weighted by molar-refractivity contribution is -0.160. The lowest BCUT2D eigenvalue weighted by atomic mass is 10.1. The molecule has 3 heterocycles. The summed E-state index contributed by atoms with van der Waals surface area (Å²) in [5.74, 6) is -3.57. The first-order valence-electron chi connectivity index (χ1n) is 18.1. The largest absolute Gasteiger partial charge is 0.461 e. The fourth-order valence-electron chi connectivity index (χ4n) is 6.20. The minimum atomic E-state index is -0.846. The average molecular weight is 772 g/mol. The molecule has 5 atom stereocenters. The molecule has 5 rings (SSSR count). The van der Waals surface area contributed by atoms with Gasteiger partial charge in [0.05, 0.1) is 13.0 Å². The quantitative estimate of drug-likeness (QED) is 0.341. The highest BCUT2D eigenvalue weighted by atomic mass is 19.1. The Morgan fingerprint density at radius 3 is 2.02 bits per heavy atom. The maximum atomic E-state index is 13.0. The van der Waals surface area contributed by atoms with E-state index in [9.17, 15) is 42.3 Å². The highest BCUT2D eigenvalue weighted by Crippen LogP contribution is 2.24. The fraction of sp³-hybridized carbons (Fsp3) is 0.500. The average Bonchev–Trinajstić information content (AvgIpc) is 3.81. The second-order valence-electron chi connectivity index (χ2n) is 13.8. The van der Waals surface area contributed by atoms with Crippen molar-refractivity contribution < 1.29 is 47.1 Å². The van der Waals surface area contributed by atoms with Gasteiger partial charge in [-0.15, -0.1) is 0 Å². The molecule has 5 unspecified atom stereocenters. The summed E-state index contributed by atoms with van der Waals surface area (Å²) in [6, 6.07) is 7.25. The molecule has 7 amide bonds. The van der Waals surface area contributed by atoms with Crippen LogP contribution in [0, 0.1) is 25.5 Å². The second kappa shape index (κ2) is 20.2. The molecule has 17 heteroatoms. The molecule has 0 aliphatic carbocycles. The van der Waals surface area contributed by atoms with E-state index in [0.717, 1.165) is 11.6 Å². The van der Waals surface area contributed by atoms with E-state index in [-0.39, 0.29) is 30.7 Å². The number of urea groups is 1. The number of nitrogens with two attached hydrogens (primary N) is 1. The van der Waals surface area contributed by atoms with Gasteiger partial charge in [-0.25, -0.2) is 18.4 Å². The number of nitrogens with zero attached hydrogens (tertiary/aromatic N) is 3. The van der Waals surface area contributed by atoms with Crippen molar-refractivity contribution in [3.05, 3.63) is 65.2 Å². The third-order valence-corrected chi connectivity index (χ3v) is 9.22. The molecule has 3 saturated heterocycles. The number of ether oxygens (including phenoxy) is 1. The Hall–Kier alpha value is -5.61. The van der Waals surface area contributed by atoms with Gasteiger partial charge in [-0.05, 0) is 90.1 Å². The van der Waals surface area contributed by atoms with E-state index in [2.05, 4.69) is 16.0 Å². The van der Waals surface area contributed by atoms with E-state index in [1.165, 1.54) is 33.9 Å². The van der Waals surface area contributed by atoms with Gasteiger partial charge in [-0.3, -0.25) is 24.0 Å². The molecule has 55 heavy (non-hydrogen) atoms. The molecule has 2 aromatic carbocycles. The minimum Gasteiger partial charge on any atom is -0.461 e. The van der Waals surface area contributed by atoms with Crippen LogP contribution in [0.4, 0.5) is 19.3 Å². The van der Waals surface area contributed by atoms with Crippen molar-refractivity contribution in [1.29, 1.82) is 0 Å². The van der Waals surface area contributed by atoms with Gasteiger partial charge >= 0.3 is 12.0 Å². The van der Waals surface area contributed by atoms with E-state index in [1.807, 2.05) is 19.1 Å². The van der Waals surface area contributed by atoms with Crippen LogP contribution in [0.1, 0.15) is 64.0 Å². The van der Waals surface area contributed by atoms with Crippen LogP contribution in [0.15, 0.2) is 42.5 Å². The molecule has 0 saturated carbocycles. The standard InChI is InChI=1S/C21H32N4O6.C10H13N3O2.C7H6F2/c1-12-11-17(26)24-9-5-7-15(24)20(29)23(4)14(3)18(27)22-13(2)19(28)25-10-6-8-16(25)21(30)31-12;1-7-2-4-8(5-3-7)13-10(15)12-6-9(11)14;1-5-2-6(8)4-7(9)3-5/h12-16H,5-11H2,1-4H3,(H,22,27);2-5H,6H2,1H3,(H2,11,14)(H2,12,13,15);2-4H,1H3. The molecular weight excluding hydrogens is 720 g/mol. The number of hydrogen-bond acceptors (Lipinski definition) is 8. The number of nitrogens with one attached hydrogen (secondary N) is 3. The number of amides is 7. The number of anilines is 1. The highest BCUT2D eigenvalue weighted by molar-refractivity contribution is 5.95. The molecule has 3 aliphatic rings. The van der Waals surface area contributed by atoms with Crippen molar-refractivity contribution in [3.8, 4) is 0 Å². The van der Waals surface area contributed by atoms with Crippen LogP contribution in [0.3, 0.4) is 0 Å². The molecule has 5 N–H and O–H groups in total. The first-order chi connectivity index (χ1) is 25.9. The molecule has 300 valence electrons. The van der Waals surface area contributed by atoms with Crippen LogP contribution in [0.25, 0.3) is 0 Å². The lowest BCUT2D eigenvalue weighted by Gasteiger charge is -2.33. The number of primary amides is 1. The van der Waals surface area contributed by atoms with E-state index in [4.69, 9.17) is 10.5 Å². The first-order valence-corrected chi connectivity index (χ1v) is 18.1. The van der Waals surface area contributed by atoms with Gasteiger partial charge in [0.15, 0.2) is 0 Å². The van der Waals surface area contributed by atoms with Gasteiger partial charge < -0.3 is 41.1 Å². The number of esters is 1. The Morgan fingerprint density at radius 1 is 0.855 bits per heavy atom. The number of rotatable bonds is 3. The van der Waals surface area contributed by atoms with E-state index < -0.39 is 65.7 Å². The Bertz CT molecular complexity index is 1680. The van der Waals surface area contributed by atoms with Gasteiger partial charge in [0, 0.05) is 31.9 Å². The number of likely N-dealkylation sites (N-methyl/N-ethyl adjacent to an activating group) is 1. The number of hydrogen-bond donors (Lipinski definition) is 4. The van der Waals surface area contributed by atoms with E-state index in [0.29, 0.717) is 50.0 Å². The van der Waals surface area contributed by atoms with Crippen molar-refractivity contribution in [2.75, 3.05) is 32.0 Å². The van der Waals surface area contributed by atoms with Gasteiger partial charge in [-0.2, -0.15) is 0 Å². The third-order valence-electron chi connectivity index (χ3n) is 9.22. The fourth-order valence-corrected chi connectivity index (χ4v) is 6.20. The molecular formula is C38H51F2N7O8. The topological polar surface area (TPSA) is 201 Å². The van der Waals surface area contributed by atoms with Crippen molar-refractivity contribution in [2.45, 2.75) is 97.0 Å². The summed E-state index contributed by atoms with van der Waals surface area (Å²) in [7, 11) is 1.53. The molecule has 3 aliphatic heterocycles. The van der Waals surface area contributed by atoms with E-state index in [1.54, 1.807) is 39.8 Å². The summed E-state index contributed by atoms with van der Waals surface area (Å²) < 4.78 is 29.9. The smallest absolute Gasteiger partial charge is 0.329 e. The normalized spacial score (nSPS) is 23.2. The third kappa shape index (κ3) is 13.0. The number of halogens is 2. The van der Waals surface area contributed by atoms with Gasteiger partial charge in [0.1, 0.15) is 41.9 Å². The second-order valence-corrected chi connectivity index (χ2v) is 13.8. The first kappa shape index (κ1) is 43.8. The summed E-state index contributed by atoms with van der Waals surface area (Å²) in [5.41, 5.74) is 7.26. The Morgan fingerprint density at radius 2 is 1.44 bits per heavy atom. The molecule has 0 bridgehead atoms. The Balaban J connectivity index is 0.000000277. The number of cyclic esters (lactones) is 1. The van der Waals surface area contributed by atoms with Gasteiger partial charge in [-0.1, -0.05) is 17.7 Å². The predicted octanol–water partition coefficient (Wildman–Crippen LogP) is 2.53. The Labute approximate surface area is 319 Å². The van der Waals surface area contributed by atoms with Gasteiger partial charge in [0.25, 0.3) is 0 Å². The molecule has 15 nitrogen and oxygen atoms in total. The summed E-state index contributed by atoms with van der Waals surface area (Å²) in [6.07, 6.45) is 1.63.